The summed E-state index contributed by atoms with van der Waals surface area (Å²) in [5, 5.41) is 7.33. The molecular formula is C11H13N3O. The minimum Gasteiger partial charge on any atom is -0.481 e. The van der Waals surface area contributed by atoms with E-state index in [0.29, 0.717) is 5.88 Å². The van der Waals surface area contributed by atoms with Crippen molar-refractivity contribution in [3.63, 3.8) is 0 Å². The van der Waals surface area contributed by atoms with Gasteiger partial charge in [0.2, 0.25) is 5.88 Å². The Kier molecular flexibility index (Phi) is 2.58. The number of aromatic nitrogens is 2. The third-order valence-corrected chi connectivity index (χ3v) is 2.14. The highest BCUT2D eigenvalue weighted by molar-refractivity contribution is 5.43. The molecule has 0 atom stereocenters. The molecule has 0 radical (unpaired) electrons. The van der Waals surface area contributed by atoms with E-state index in [0.717, 1.165) is 11.5 Å². The van der Waals surface area contributed by atoms with E-state index in [1.54, 1.807) is 11.8 Å². The summed E-state index contributed by atoms with van der Waals surface area (Å²) >= 11 is 0. The Bertz CT molecular complexity index is 436. The molecule has 0 aliphatic heterocycles. The molecule has 0 saturated carbocycles. The second kappa shape index (κ2) is 4.04. The Morgan fingerprint density at radius 2 is 2.00 bits per heavy atom. The van der Waals surface area contributed by atoms with Gasteiger partial charge in [-0.15, -0.1) is 5.10 Å². The summed E-state index contributed by atoms with van der Waals surface area (Å²) in [6.45, 7) is 0. The molecule has 0 amide bonds. The number of nitrogens with one attached hydrogen (secondary N) is 1. The zero-order valence-electron chi connectivity index (χ0n) is 8.77. The van der Waals surface area contributed by atoms with Gasteiger partial charge in [0.15, 0.2) is 5.82 Å². The summed E-state index contributed by atoms with van der Waals surface area (Å²) in [5.41, 5.74) is 0.982. The number of hydrogen-bond donors (Lipinski definition) is 1. The van der Waals surface area contributed by atoms with E-state index >= 15 is 0 Å². The molecule has 15 heavy (non-hydrogen) atoms. The Balaban J connectivity index is 2.47. The summed E-state index contributed by atoms with van der Waals surface area (Å²) < 4.78 is 7.00. The molecule has 78 valence electrons. The van der Waals surface area contributed by atoms with E-state index in [9.17, 15) is 0 Å². The Morgan fingerprint density at radius 3 is 2.60 bits per heavy atom. The molecule has 0 fully saturated rings. The first kappa shape index (κ1) is 9.58. The maximum absolute atomic E-state index is 5.24. The topological polar surface area (TPSA) is 39.1 Å². The van der Waals surface area contributed by atoms with Gasteiger partial charge in [-0.1, -0.05) is 18.2 Å². The van der Waals surface area contributed by atoms with E-state index in [1.807, 2.05) is 43.4 Å². The Morgan fingerprint density at radius 1 is 1.27 bits per heavy atom. The van der Waals surface area contributed by atoms with Crippen LogP contribution in [0.25, 0.3) is 5.69 Å². The summed E-state index contributed by atoms with van der Waals surface area (Å²) in [5.74, 6) is 1.50. The lowest BCUT2D eigenvalue weighted by molar-refractivity contribution is 0.383. The second-order valence-corrected chi connectivity index (χ2v) is 3.07. The molecule has 0 spiro atoms. The largest absolute Gasteiger partial charge is 0.481 e. The Labute approximate surface area is 88.5 Å². The molecule has 2 aromatic rings. The summed E-state index contributed by atoms with van der Waals surface area (Å²) in [7, 11) is 3.47. The number of ether oxygens (including phenoxy) is 1. The van der Waals surface area contributed by atoms with Crippen molar-refractivity contribution in [3.05, 3.63) is 36.4 Å². The first-order valence-corrected chi connectivity index (χ1v) is 4.72. The lowest BCUT2D eigenvalue weighted by atomic mass is 10.3. The molecule has 0 bridgehead atoms. The normalized spacial score (nSPS) is 10.0. The quantitative estimate of drug-likeness (QED) is 0.828. The first-order chi connectivity index (χ1) is 7.35. The molecular weight excluding hydrogens is 190 g/mol. The van der Waals surface area contributed by atoms with Crippen LogP contribution in [0.4, 0.5) is 5.82 Å². The average molecular weight is 203 g/mol. The van der Waals surface area contributed by atoms with Crippen LogP contribution in [0.1, 0.15) is 0 Å². The van der Waals surface area contributed by atoms with Gasteiger partial charge in [0.1, 0.15) is 0 Å². The summed E-state index contributed by atoms with van der Waals surface area (Å²) in [6, 6.07) is 11.7. The molecule has 4 heteroatoms. The van der Waals surface area contributed by atoms with Crippen molar-refractivity contribution in [2.45, 2.75) is 0 Å². The van der Waals surface area contributed by atoms with Crippen LogP contribution in [0.3, 0.4) is 0 Å². The molecule has 2 rings (SSSR count). The van der Waals surface area contributed by atoms with Crippen molar-refractivity contribution in [2.75, 3.05) is 19.5 Å². The van der Waals surface area contributed by atoms with Crippen LogP contribution in [-0.2, 0) is 0 Å². The molecule has 0 aliphatic carbocycles. The number of anilines is 1. The summed E-state index contributed by atoms with van der Waals surface area (Å²) in [6.07, 6.45) is 0. The van der Waals surface area contributed by atoms with Crippen molar-refractivity contribution in [1.82, 2.24) is 9.78 Å². The van der Waals surface area contributed by atoms with Gasteiger partial charge in [0.25, 0.3) is 0 Å². The fraction of sp³-hybridized carbons (Fsp3) is 0.182. The smallest absolute Gasteiger partial charge is 0.218 e. The van der Waals surface area contributed by atoms with E-state index in [-0.39, 0.29) is 0 Å². The van der Waals surface area contributed by atoms with Gasteiger partial charge >= 0.3 is 0 Å². The van der Waals surface area contributed by atoms with Gasteiger partial charge in [-0.05, 0) is 12.1 Å². The van der Waals surface area contributed by atoms with Crippen LogP contribution in [0, 0.1) is 0 Å². The number of methoxy groups -OCH3 is 1. The van der Waals surface area contributed by atoms with Gasteiger partial charge in [0, 0.05) is 13.1 Å². The van der Waals surface area contributed by atoms with E-state index in [1.165, 1.54) is 0 Å². The lowest BCUT2D eigenvalue weighted by Crippen LogP contribution is -1.99. The lowest BCUT2D eigenvalue weighted by Gasteiger charge is -2.04. The van der Waals surface area contributed by atoms with Gasteiger partial charge in [0.05, 0.1) is 12.8 Å². The molecule has 4 nitrogen and oxygen atoms in total. The molecule has 1 heterocycles. The zero-order chi connectivity index (χ0) is 10.7. The number of benzene rings is 1. The fourth-order valence-electron chi connectivity index (χ4n) is 1.39. The standard InChI is InChI=1S/C11H13N3O/c1-12-10-8-11(15-2)14(13-10)9-6-4-3-5-7-9/h3-8H,1-2H3,(H,12,13). The number of rotatable bonds is 3. The number of nitrogens with zero attached hydrogens (tertiary/aromatic N) is 2. The second-order valence-electron chi connectivity index (χ2n) is 3.07. The zero-order valence-corrected chi connectivity index (χ0v) is 8.77. The maximum Gasteiger partial charge on any atom is 0.218 e. The molecule has 0 unspecified atom stereocenters. The number of hydrogen-bond acceptors (Lipinski definition) is 3. The maximum atomic E-state index is 5.24. The SMILES string of the molecule is CNc1cc(OC)n(-c2ccccc2)n1. The number of para-hydroxylation sites is 1. The van der Waals surface area contributed by atoms with Crippen molar-refractivity contribution >= 4 is 5.82 Å². The molecule has 0 saturated heterocycles. The van der Waals surface area contributed by atoms with Crippen LogP contribution in [0.2, 0.25) is 0 Å². The van der Waals surface area contributed by atoms with Crippen LogP contribution in [-0.4, -0.2) is 23.9 Å². The highest BCUT2D eigenvalue weighted by Gasteiger charge is 2.07. The van der Waals surface area contributed by atoms with Crippen molar-refractivity contribution < 1.29 is 4.74 Å². The van der Waals surface area contributed by atoms with Crippen LogP contribution >= 0.6 is 0 Å². The van der Waals surface area contributed by atoms with Crippen molar-refractivity contribution in [2.24, 2.45) is 0 Å². The van der Waals surface area contributed by atoms with Crippen molar-refractivity contribution in [1.29, 1.82) is 0 Å². The van der Waals surface area contributed by atoms with Crippen LogP contribution in [0.5, 0.6) is 5.88 Å². The third-order valence-electron chi connectivity index (χ3n) is 2.14. The minimum absolute atomic E-state index is 0.713. The average Bonchev–Trinajstić information content (AvgIpc) is 2.73. The van der Waals surface area contributed by atoms with Gasteiger partial charge in [-0.3, -0.25) is 0 Å². The first-order valence-electron chi connectivity index (χ1n) is 4.72. The molecule has 0 aliphatic rings. The van der Waals surface area contributed by atoms with Crippen molar-refractivity contribution in [3.8, 4) is 11.6 Å². The highest BCUT2D eigenvalue weighted by atomic mass is 16.5. The van der Waals surface area contributed by atoms with Gasteiger partial charge in [-0.2, -0.15) is 4.68 Å². The van der Waals surface area contributed by atoms with Gasteiger partial charge in [-0.25, -0.2) is 0 Å². The van der Waals surface area contributed by atoms with Crippen LogP contribution in [0.15, 0.2) is 36.4 Å². The minimum atomic E-state index is 0.713. The molecule has 1 N–H and O–H groups in total. The highest BCUT2D eigenvalue weighted by Crippen LogP contribution is 2.20. The fourth-order valence-corrected chi connectivity index (χ4v) is 1.39. The predicted octanol–water partition coefficient (Wildman–Crippen LogP) is 1.92. The monoisotopic (exact) mass is 203 g/mol. The van der Waals surface area contributed by atoms with Crippen LogP contribution < -0.4 is 10.1 Å². The molecule has 1 aromatic carbocycles. The Hall–Kier alpha value is -1.97. The third kappa shape index (κ3) is 1.79. The van der Waals surface area contributed by atoms with E-state index in [4.69, 9.17) is 4.74 Å². The predicted molar refractivity (Wildman–Crippen MR) is 59.7 cm³/mol. The van der Waals surface area contributed by atoms with Gasteiger partial charge < -0.3 is 10.1 Å². The molecule has 1 aromatic heterocycles. The summed E-state index contributed by atoms with van der Waals surface area (Å²) in [4.78, 5) is 0. The van der Waals surface area contributed by atoms with E-state index < -0.39 is 0 Å². The van der Waals surface area contributed by atoms with E-state index in [2.05, 4.69) is 10.4 Å².